The van der Waals surface area contributed by atoms with Crippen molar-refractivity contribution in [2.45, 2.75) is 32.4 Å². The Kier molecular flexibility index (Phi) is 3.23. The van der Waals surface area contributed by atoms with E-state index in [0.29, 0.717) is 6.04 Å². The molecule has 0 unspecified atom stereocenters. The average Bonchev–Trinajstić information content (AvgIpc) is 3.20. The molecule has 104 valence electrons. The minimum absolute atomic E-state index is 0.0918. The molecule has 0 saturated heterocycles. The third-order valence-electron chi connectivity index (χ3n) is 3.58. The molecule has 2 aromatic rings. The molecular formula is C14H16N4O2. The number of rotatable bonds is 5. The predicted octanol–water partition coefficient (Wildman–Crippen LogP) is 2.34. The van der Waals surface area contributed by atoms with Gasteiger partial charge in [-0.25, -0.2) is 4.68 Å². The standard InChI is InChI=1S/C14H16N4O2/c1-10-11(8-15-12-2-3-12)9-16-17(10)13-4-6-14(7-5-13)18(19)20/h4-7,9,12,15H,2-3,8H2,1H3. The van der Waals surface area contributed by atoms with Crippen molar-refractivity contribution in [3.05, 3.63) is 51.8 Å². The van der Waals surface area contributed by atoms with E-state index in [4.69, 9.17) is 0 Å². The summed E-state index contributed by atoms with van der Waals surface area (Å²) < 4.78 is 1.81. The minimum atomic E-state index is -0.398. The van der Waals surface area contributed by atoms with Crippen molar-refractivity contribution in [1.82, 2.24) is 15.1 Å². The van der Waals surface area contributed by atoms with Gasteiger partial charge in [-0.05, 0) is 31.9 Å². The first-order valence-electron chi connectivity index (χ1n) is 6.67. The van der Waals surface area contributed by atoms with E-state index in [1.54, 1.807) is 12.1 Å². The number of non-ortho nitro benzene ring substituents is 1. The topological polar surface area (TPSA) is 73.0 Å². The average molecular weight is 272 g/mol. The van der Waals surface area contributed by atoms with Gasteiger partial charge in [0.1, 0.15) is 0 Å². The molecule has 1 aliphatic rings. The van der Waals surface area contributed by atoms with Crippen molar-refractivity contribution < 1.29 is 4.92 Å². The van der Waals surface area contributed by atoms with Crippen LogP contribution in [-0.2, 0) is 6.54 Å². The summed E-state index contributed by atoms with van der Waals surface area (Å²) >= 11 is 0. The van der Waals surface area contributed by atoms with Gasteiger partial charge in [0.2, 0.25) is 0 Å². The van der Waals surface area contributed by atoms with E-state index < -0.39 is 4.92 Å². The van der Waals surface area contributed by atoms with Crippen LogP contribution in [0.2, 0.25) is 0 Å². The zero-order chi connectivity index (χ0) is 14.1. The van der Waals surface area contributed by atoms with Gasteiger partial charge in [0, 0.05) is 36.0 Å². The molecule has 0 radical (unpaired) electrons. The lowest BCUT2D eigenvalue weighted by Gasteiger charge is -2.06. The van der Waals surface area contributed by atoms with Crippen LogP contribution in [0.4, 0.5) is 5.69 Å². The number of hydrogen-bond donors (Lipinski definition) is 1. The number of nitro groups is 1. The molecule has 1 saturated carbocycles. The molecule has 6 heteroatoms. The Morgan fingerprint density at radius 1 is 1.40 bits per heavy atom. The molecule has 1 aromatic carbocycles. The molecule has 0 spiro atoms. The number of hydrogen-bond acceptors (Lipinski definition) is 4. The summed E-state index contributed by atoms with van der Waals surface area (Å²) in [5.74, 6) is 0. The number of benzene rings is 1. The molecule has 0 amide bonds. The minimum Gasteiger partial charge on any atom is -0.310 e. The lowest BCUT2D eigenvalue weighted by atomic mass is 10.2. The maximum Gasteiger partial charge on any atom is 0.269 e. The van der Waals surface area contributed by atoms with Crippen molar-refractivity contribution in [2.75, 3.05) is 0 Å². The van der Waals surface area contributed by atoms with Crippen molar-refractivity contribution in [3.63, 3.8) is 0 Å². The second-order valence-corrected chi connectivity index (χ2v) is 5.10. The van der Waals surface area contributed by atoms with E-state index in [1.165, 1.54) is 25.0 Å². The van der Waals surface area contributed by atoms with Gasteiger partial charge >= 0.3 is 0 Å². The molecule has 1 N–H and O–H groups in total. The van der Waals surface area contributed by atoms with Gasteiger partial charge in [-0.3, -0.25) is 10.1 Å². The van der Waals surface area contributed by atoms with Gasteiger partial charge in [-0.2, -0.15) is 5.10 Å². The van der Waals surface area contributed by atoms with Gasteiger partial charge in [0.25, 0.3) is 5.69 Å². The van der Waals surface area contributed by atoms with Crippen LogP contribution in [0, 0.1) is 17.0 Å². The number of nitro benzene ring substituents is 1. The second-order valence-electron chi connectivity index (χ2n) is 5.10. The van der Waals surface area contributed by atoms with E-state index >= 15 is 0 Å². The first-order chi connectivity index (χ1) is 9.65. The van der Waals surface area contributed by atoms with E-state index in [1.807, 2.05) is 17.8 Å². The van der Waals surface area contributed by atoms with Gasteiger partial charge in [0.05, 0.1) is 16.8 Å². The summed E-state index contributed by atoms with van der Waals surface area (Å²) in [4.78, 5) is 10.3. The molecule has 0 aliphatic heterocycles. The van der Waals surface area contributed by atoms with Crippen molar-refractivity contribution in [1.29, 1.82) is 0 Å². The fraction of sp³-hybridized carbons (Fsp3) is 0.357. The van der Waals surface area contributed by atoms with Crippen LogP contribution in [-0.4, -0.2) is 20.7 Å². The Hall–Kier alpha value is -2.21. The molecular weight excluding hydrogens is 256 g/mol. The summed E-state index contributed by atoms with van der Waals surface area (Å²) in [6.45, 7) is 2.84. The van der Waals surface area contributed by atoms with Crippen LogP contribution in [0.3, 0.4) is 0 Å². The first-order valence-corrected chi connectivity index (χ1v) is 6.67. The van der Waals surface area contributed by atoms with Gasteiger partial charge in [0.15, 0.2) is 0 Å². The monoisotopic (exact) mass is 272 g/mol. The summed E-state index contributed by atoms with van der Waals surface area (Å²) in [5, 5.41) is 18.5. The molecule has 3 rings (SSSR count). The second kappa shape index (κ2) is 5.05. The van der Waals surface area contributed by atoms with Crippen LogP contribution in [0.15, 0.2) is 30.5 Å². The molecule has 0 atom stereocenters. The first kappa shape index (κ1) is 12.8. The van der Waals surface area contributed by atoms with Gasteiger partial charge < -0.3 is 5.32 Å². The molecule has 1 aromatic heterocycles. The van der Waals surface area contributed by atoms with Crippen molar-refractivity contribution >= 4 is 5.69 Å². The zero-order valence-corrected chi connectivity index (χ0v) is 11.2. The molecule has 0 bridgehead atoms. The molecule has 1 aliphatic carbocycles. The Labute approximate surface area is 116 Å². The zero-order valence-electron chi connectivity index (χ0n) is 11.2. The van der Waals surface area contributed by atoms with Gasteiger partial charge in [-0.1, -0.05) is 0 Å². The molecule has 1 heterocycles. The summed E-state index contributed by atoms with van der Waals surface area (Å²) in [6, 6.07) is 7.10. The highest BCUT2D eigenvalue weighted by molar-refractivity contribution is 5.41. The number of nitrogens with zero attached hydrogens (tertiary/aromatic N) is 3. The lowest BCUT2D eigenvalue weighted by Crippen LogP contribution is -2.15. The van der Waals surface area contributed by atoms with E-state index in [9.17, 15) is 10.1 Å². The SMILES string of the molecule is Cc1c(CNC2CC2)cnn1-c1ccc([N+](=O)[O-])cc1. The molecule has 20 heavy (non-hydrogen) atoms. The van der Waals surface area contributed by atoms with E-state index in [-0.39, 0.29) is 5.69 Å². The Morgan fingerprint density at radius 3 is 2.70 bits per heavy atom. The number of nitrogens with one attached hydrogen (secondary N) is 1. The number of aromatic nitrogens is 2. The Morgan fingerprint density at radius 2 is 2.10 bits per heavy atom. The Balaban J connectivity index is 1.80. The third-order valence-corrected chi connectivity index (χ3v) is 3.58. The van der Waals surface area contributed by atoms with Crippen LogP contribution in [0.1, 0.15) is 24.1 Å². The van der Waals surface area contributed by atoms with E-state index in [2.05, 4.69) is 10.4 Å². The maximum atomic E-state index is 10.6. The summed E-state index contributed by atoms with van der Waals surface area (Å²) in [7, 11) is 0. The Bertz CT molecular complexity index is 629. The maximum absolute atomic E-state index is 10.6. The van der Waals surface area contributed by atoms with Gasteiger partial charge in [-0.15, -0.1) is 0 Å². The summed E-state index contributed by atoms with van der Waals surface area (Å²) in [6.07, 6.45) is 4.37. The normalized spacial score (nSPS) is 14.4. The van der Waals surface area contributed by atoms with Crippen LogP contribution < -0.4 is 5.32 Å². The van der Waals surface area contributed by atoms with Crippen LogP contribution in [0.5, 0.6) is 0 Å². The predicted molar refractivity (Wildman–Crippen MR) is 74.8 cm³/mol. The van der Waals surface area contributed by atoms with E-state index in [0.717, 1.165) is 23.5 Å². The van der Waals surface area contributed by atoms with Crippen molar-refractivity contribution in [3.8, 4) is 5.69 Å². The lowest BCUT2D eigenvalue weighted by molar-refractivity contribution is -0.384. The highest BCUT2D eigenvalue weighted by Crippen LogP contribution is 2.21. The largest absolute Gasteiger partial charge is 0.310 e. The van der Waals surface area contributed by atoms with Crippen molar-refractivity contribution in [2.24, 2.45) is 0 Å². The fourth-order valence-electron chi connectivity index (χ4n) is 2.13. The highest BCUT2D eigenvalue weighted by Gasteiger charge is 2.21. The fourth-order valence-corrected chi connectivity index (χ4v) is 2.13. The smallest absolute Gasteiger partial charge is 0.269 e. The summed E-state index contributed by atoms with van der Waals surface area (Å²) in [5.41, 5.74) is 3.15. The highest BCUT2D eigenvalue weighted by atomic mass is 16.6. The van der Waals surface area contributed by atoms with Crippen LogP contribution in [0.25, 0.3) is 5.69 Å². The third kappa shape index (κ3) is 2.55. The van der Waals surface area contributed by atoms with Crippen LogP contribution >= 0.6 is 0 Å². The quantitative estimate of drug-likeness (QED) is 0.669. The molecule has 1 fully saturated rings. The molecule has 6 nitrogen and oxygen atoms in total.